The highest BCUT2D eigenvalue weighted by Gasteiger charge is 2.00. The molecule has 1 N–H and O–H groups in total. The second kappa shape index (κ2) is 18.1. The van der Waals surface area contributed by atoms with Crippen molar-refractivity contribution in [1.29, 1.82) is 0 Å². The number of hydrogen-bond acceptors (Lipinski definition) is 2. The van der Waals surface area contributed by atoms with Crippen LogP contribution >= 0.6 is 0 Å². The van der Waals surface area contributed by atoms with Crippen LogP contribution in [0.2, 0.25) is 0 Å². The molecule has 0 atom stereocenters. The first-order chi connectivity index (χ1) is 13.3. The molecule has 0 aliphatic rings. The quantitative estimate of drug-likeness (QED) is 0.151. The van der Waals surface area contributed by atoms with E-state index in [1.165, 1.54) is 103 Å². The molecule has 0 aromatic carbocycles. The summed E-state index contributed by atoms with van der Waals surface area (Å²) in [6.07, 6.45) is 31.9. The van der Waals surface area contributed by atoms with Crippen molar-refractivity contribution in [1.82, 2.24) is 9.71 Å². The molecule has 0 bridgehead atoms. The van der Waals surface area contributed by atoms with Crippen LogP contribution in [0.5, 0.6) is 0 Å². The van der Waals surface area contributed by atoms with Gasteiger partial charge in [0.05, 0.1) is 6.20 Å². The topological polar surface area (TPSA) is 38.0 Å². The van der Waals surface area contributed by atoms with E-state index in [1.54, 1.807) is 12.4 Å². The van der Waals surface area contributed by atoms with Gasteiger partial charge in [-0.05, 0) is 32.1 Å². The third-order valence-corrected chi connectivity index (χ3v) is 5.36. The molecule has 1 heterocycles. The highest BCUT2D eigenvalue weighted by molar-refractivity contribution is 4.88. The molecule has 3 nitrogen and oxygen atoms in total. The molecular weight excluding hydrogens is 332 g/mol. The molecule has 0 fully saturated rings. The SMILES string of the molecule is CCCCCCCC/C=C\CCCCCCCCCCCc1nccn1O. The number of nitrogens with zero attached hydrogens (tertiary/aromatic N) is 2. The van der Waals surface area contributed by atoms with Crippen LogP contribution in [0, 0.1) is 0 Å². The number of rotatable bonds is 19. The number of allylic oxidation sites excluding steroid dienone is 2. The molecular formula is C24H44N2O. The lowest BCUT2D eigenvalue weighted by molar-refractivity contribution is 0.175. The lowest BCUT2D eigenvalue weighted by Crippen LogP contribution is -1.98. The first kappa shape index (κ1) is 23.8. The van der Waals surface area contributed by atoms with Crippen molar-refractivity contribution in [2.75, 3.05) is 0 Å². The number of hydrogen-bond donors (Lipinski definition) is 1. The Hall–Kier alpha value is -1.25. The van der Waals surface area contributed by atoms with Crippen molar-refractivity contribution < 1.29 is 5.21 Å². The summed E-state index contributed by atoms with van der Waals surface area (Å²) in [5.41, 5.74) is 0. The van der Waals surface area contributed by atoms with Gasteiger partial charge in [0.1, 0.15) is 5.82 Å². The number of unbranched alkanes of at least 4 members (excludes halogenated alkanes) is 15. The molecule has 156 valence electrons. The largest absolute Gasteiger partial charge is 0.427 e. The Morgan fingerprint density at radius 1 is 0.741 bits per heavy atom. The van der Waals surface area contributed by atoms with Gasteiger partial charge < -0.3 is 5.21 Å². The summed E-state index contributed by atoms with van der Waals surface area (Å²) in [4.78, 5) is 4.14. The average molecular weight is 377 g/mol. The molecule has 27 heavy (non-hydrogen) atoms. The first-order valence-electron chi connectivity index (χ1n) is 11.7. The van der Waals surface area contributed by atoms with Crippen molar-refractivity contribution in [2.24, 2.45) is 0 Å². The van der Waals surface area contributed by atoms with Crippen LogP contribution in [0.1, 0.15) is 122 Å². The van der Waals surface area contributed by atoms with Gasteiger partial charge in [-0.15, -0.1) is 0 Å². The monoisotopic (exact) mass is 376 g/mol. The van der Waals surface area contributed by atoms with Crippen LogP contribution in [0.4, 0.5) is 0 Å². The number of imidazole rings is 1. The molecule has 1 aromatic heterocycles. The molecule has 0 amide bonds. The number of aromatic nitrogens is 2. The van der Waals surface area contributed by atoms with E-state index in [1.807, 2.05) is 0 Å². The van der Waals surface area contributed by atoms with Gasteiger partial charge in [0, 0.05) is 12.6 Å². The van der Waals surface area contributed by atoms with Gasteiger partial charge >= 0.3 is 0 Å². The summed E-state index contributed by atoms with van der Waals surface area (Å²) >= 11 is 0. The first-order valence-corrected chi connectivity index (χ1v) is 11.7. The van der Waals surface area contributed by atoms with E-state index in [0.29, 0.717) is 0 Å². The average Bonchev–Trinajstić information content (AvgIpc) is 3.08. The normalized spacial score (nSPS) is 11.6. The van der Waals surface area contributed by atoms with Gasteiger partial charge in [0.15, 0.2) is 0 Å². The standard InChI is InChI=1S/C24H44N2O/c1-2-3-4-5-6-7-8-9-10-11-12-13-14-15-16-17-18-19-20-21-24-25-22-23-26(24)27/h9-10,22-23,27H,2-8,11-21H2,1H3/b10-9-. The van der Waals surface area contributed by atoms with E-state index in [-0.39, 0.29) is 0 Å². The summed E-state index contributed by atoms with van der Waals surface area (Å²) in [6, 6.07) is 0. The molecule has 0 unspecified atom stereocenters. The highest BCUT2D eigenvalue weighted by atomic mass is 16.5. The molecule has 1 aromatic rings. The van der Waals surface area contributed by atoms with E-state index in [9.17, 15) is 5.21 Å². The Morgan fingerprint density at radius 2 is 1.22 bits per heavy atom. The van der Waals surface area contributed by atoms with E-state index in [4.69, 9.17) is 0 Å². The van der Waals surface area contributed by atoms with Gasteiger partial charge in [-0.3, -0.25) is 0 Å². The maximum atomic E-state index is 9.45. The zero-order valence-corrected chi connectivity index (χ0v) is 17.9. The highest BCUT2D eigenvalue weighted by Crippen LogP contribution is 2.12. The van der Waals surface area contributed by atoms with Crippen LogP contribution in [0.25, 0.3) is 0 Å². The lowest BCUT2D eigenvalue weighted by atomic mass is 10.1. The Morgan fingerprint density at radius 3 is 1.70 bits per heavy atom. The van der Waals surface area contributed by atoms with Crippen molar-refractivity contribution in [3.63, 3.8) is 0 Å². The van der Waals surface area contributed by atoms with Gasteiger partial charge in [-0.2, -0.15) is 4.73 Å². The van der Waals surface area contributed by atoms with Crippen molar-refractivity contribution >= 4 is 0 Å². The second-order valence-electron chi connectivity index (χ2n) is 7.94. The minimum absolute atomic E-state index is 0.788. The third-order valence-electron chi connectivity index (χ3n) is 5.36. The Labute approximate surface area is 168 Å². The fourth-order valence-corrected chi connectivity index (χ4v) is 3.57. The molecule has 0 saturated carbocycles. The Kier molecular flexibility index (Phi) is 16.0. The fraction of sp³-hybridized carbons (Fsp3) is 0.792. The predicted octanol–water partition coefficient (Wildman–Crippen LogP) is 7.87. The van der Waals surface area contributed by atoms with Crippen molar-refractivity contribution in [3.8, 4) is 0 Å². The van der Waals surface area contributed by atoms with Gasteiger partial charge in [0.2, 0.25) is 0 Å². The molecule has 0 spiro atoms. The maximum Gasteiger partial charge on any atom is 0.144 e. The van der Waals surface area contributed by atoms with Crippen molar-refractivity contribution in [3.05, 3.63) is 30.4 Å². The summed E-state index contributed by atoms with van der Waals surface area (Å²) < 4.78 is 1.14. The fourth-order valence-electron chi connectivity index (χ4n) is 3.57. The minimum Gasteiger partial charge on any atom is -0.427 e. The van der Waals surface area contributed by atoms with Crippen molar-refractivity contribution in [2.45, 2.75) is 122 Å². The molecule has 0 saturated heterocycles. The van der Waals surface area contributed by atoms with E-state index in [0.717, 1.165) is 23.4 Å². The van der Waals surface area contributed by atoms with Crippen LogP contribution in [0.3, 0.4) is 0 Å². The Bertz CT molecular complexity index is 453. The van der Waals surface area contributed by atoms with Gasteiger partial charge in [-0.1, -0.05) is 96.1 Å². The molecule has 0 aliphatic carbocycles. The van der Waals surface area contributed by atoms with E-state index in [2.05, 4.69) is 24.1 Å². The van der Waals surface area contributed by atoms with E-state index < -0.39 is 0 Å². The predicted molar refractivity (Wildman–Crippen MR) is 116 cm³/mol. The van der Waals surface area contributed by atoms with Crippen LogP contribution < -0.4 is 0 Å². The molecule has 0 radical (unpaired) electrons. The lowest BCUT2D eigenvalue weighted by Gasteiger charge is -2.02. The zero-order valence-electron chi connectivity index (χ0n) is 17.9. The maximum absolute atomic E-state index is 9.45. The summed E-state index contributed by atoms with van der Waals surface area (Å²) in [7, 11) is 0. The van der Waals surface area contributed by atoms with Crippen LogP contribution in [0.15, 0.2) is 24.5 Å². The smallest absolute Gasteiger partial charge is 0.144 e. The molecule has 3 heteroatoms. The molecule has 1 rings (SSSR count). The summed E-state index contributed by atoms with van der Waals surface area (Å²) in [5, 5.41) is 9.45. The zero-order chi connectivity index (χ0) is 19.4. The van der Waals surface area contributed by atoms with Gasteiger partial charge in [0.25, 0.3) is 0 Å². The Balaban J connectivity index is 1.73. The van der Waals surface area contributed by atoms with E-state index >= 15 is 0 Å². The molecule has 0 aliphatic heterocycles. The third kappa shape index (κ3) is 14.5. The van der Waals surface area contributed by atoms with Crippen LogP contribution in [-0.4, -0.2) is 14.9 Å². The van der Waals surface area contributed by atoms with Crippen LogP contribution in [-0.2, 0) is 6.42 Å². The number of aryl methyl sites for hydroxylation is 1. The summed E-state index contributed by atoms with van der Waals surface area (Å²) in [6.45, 7) is 2.28. The second-order valence-corrected chi connectivity index (χ2v) is 7.94. The minimum atomic E-state index is 0.788. The summed E-state index contributed by atoms with van der Waals surface area (Å²) in [5.74, 6) is 0.788. The van der Waals surface area contributed by atoms with Gasteiger partial charge in [-0.25, -0.2) is 4.98 Å².